The minimum Gasteiger partial charge on any atom is -0.492 e. The van der Waals surface area contributed by atoms with E-state index in [9.17, 15) is 9.18 Å². The Morgan fingerprint density at radius 1 is 1.29 bits per heavy atom. The first-order valence-corrected chi connectivity index (χ1v) is 11.0. The van der Waals surface area contributed by atoms with E-state index in [4.69, 9.17) is 9.47 Å². The molecule has 1 aromatic carbocycles. The molecule has 1 aliphatic rings. The highest BCUT2D eigenvalue weighted by Gasteiger charge is 2.33. The molecule has 7 nitrogen and oxygen atoms in total. The molecule has 0 spiro atoms. The molecular weight excluding hydrogens is 435 g/mol. The molecule has 1 aliphatic heterocycles. The van der Waals surface area contributed by atoms with Crippen molar-refractivity contribution in [3.05, 3.63) is 79.0 Å². The molecule has 0 saturated heterocycles. The van der Waals surface area contributed by atoms with Gasteiger partial charge in [-0.2, -0.15) is 0 Å². The highest BCUT2D eigenvalue weighted by Crippen LogP contribution is 2.44. The highest BCUT2D eigenvalue weighted by molar-refractivity contribution is 6.07. The van der Waals surface area contributed by atoms with E-state index in [-0.39, 0.29) is 17.6 Å². The second-order valence-electron chi connectivity index (χ2n) is 7.84. The largest absolute Gasteiger partial charge is 0.492 e. The summed E-state index contributed by atoms with van der Waals surface area (Å²) in [6.45, 7) is 8.50. The summed E-state index contributed by atoms with van der Waals surface area (Å²) in [4.78, 5) is 20.7. The average Bonchev–Trinajstić information content (AvgIpc) is 3.22. The van der Waals surface area contributed by atoms with Gasteiger partial charge in [0.05, 0.1) is 42.5 Å². The number of anilines is 2. The van der Waals surface area contributed by atoms with Crippen molar-refractivity contribution < 1.29 is 18.7 Å². The van der Waals surface area contributed by atoms with E-state index in [0.717, 1.165) is 11.3 Å². The normalized spacial score (nSPS) is 14.6. The molecule has 3 heterocycles. The summed E-state index contributed by atoms with van der Waals surface area (Å²) in [5.41, 5.74) is 3.51. The first-order chi connectivity index (χ1) is 16.6. The molecule has 1 unspecified atom stereocenters. The third kappa shape index (κ3) is 4.39. The maximum absolute atomic E-state index is 14.4. The number of halogens is 1. The number of fused-ring (bicyclic) bond motifs is 1. The van der Waals surface area contributed by atoms with E-state index in [1.165, 1.54) is 13.2 Å². The van der Waals surface area contributed by atoms with Crippen LogP contribution in [0, 0.1) is 5.82 Å². The van der Waals surface area contributed by atoms with Crippen molar-refractivity contribution in [2.75, 3.05) is 25.6 Å². The molecule has 3 aromatic rings. The van der Waals surface area contributed by atoms with Crippen LogP contribution in [0.5, 0.6) is 11.5 Å². The van der Waals surface area contributed by atoms with Gasteiger partial charge in [-0.25, -0.2) is 4.39 Å². The number of hydrogen-bond donors (Lipinski definition) is 3. The molecule has 1 atom stereocenters. The van der Waals surface area contributed by atoms with Gasteiger partial charge in [0, 0.05) is 29.9 Å². The Labute approximate surface area is 197 Å². The third-order valence-electron chi connectivity index (χ3n) is 5.69. The quantitative estimate of drug-likeness (QED) is 0.280. The standard InChI is InChI=1S/C26H27FN4O3/c1-4-6-13-34-20-15-28-12-11-17(20)23-24(30-19-10-7-9-18(27)25(19)33-3)21-22(31-23)16(8-5-2)14-29-26(21)32/h4-5,7,9-12,15-16,30-31H,1-2,6,8,13-14H2,3H3,(H,29,32). The lowest BCUT2D eigenvalue weighted by Crippen LogP contribution is -2.34. The molecule has 0 bridgehead atoms. The molecule has 0 radical (unpaired) electrons. The lowest BCUT2D eigenvalue weighted by atomic mass is 9.93. The van der Waals surface area contributed by atoms with Crippen LogP contribution in [0.4, 0.5) is 15.8 Å². The predicted octanol–water partition coefficient (Wildman–Crippen LogP) is 5.33. The van der Waals surface area contributed by atoms with Crippen molar-refractivity contribution in [3.63, 3.8) is 0 Å². The number of ether oxygens (including phenoxy) is 2. The molecule has 0 fully saturated rings. The van der Waals surface area contributed by atoms with E-state index in [2.05, 4.69) is 33.8 Å². The molecule has 2 aromatic heterocycles. The number of H-pyrrole nitrogens is 1. The number of rotatable bonds is 10. The number of benzene rings is 1. The van der Waals surface area contributed by atoms with Gasteiger partial charge in [0.1, 0.15) is 5.75 Å². The Hall–Kier alpha value is -4.07. The summed E-state index contributed by atoms with van der Waals surface area (Å²) in [6.07, 6.45) is 8.23. The van der Waals surface area contributed by atoms with Gasteiger partial charge >= 0.3 is 0 Å². The van der Waals surface area contributed by atoms with Gasteiger partial charge in [-0.05, 0) is 31.0 Å². The summed E-state index contributed by atoms with van der Waals surface area (Å²) in [6, 6.07) is 6.41. The zero-order valence-electron chi connectivity index (χ0n) is 19.0. The Morgan fingerprint density at radius 2 is 2.15 bits per heavy atom. The molecule has 3 N–H and O–H groups in total. The third-order valence-corrected chi connectivity index (χ3v) is 5.69. The summed E-state index contributed by atoms with van der Waals surface area (Å²) < 4.78 is 25.7. The highest BCUT2D eigenvalue weighted by atomic mass is 19.1. The van der Waals surface area contributed by atoms with Gasteiger partial charge in [-0.1, -0.05) is 18.2 Å². The number of allylic oxidation sites excluding steroid dienone is 1. The molecule has 8 heteroatoms. The number of nitrogens with zero attached hydrogens (tertiary/aromatic N) is 1. The Kier molecular flexibility index (Phi) is 6.96. The number of amides is 1. The fraction of sp³-hybridized carbons (Fsp3) is 0.231. The van der Waals surface area contributed by atoms with Gasteiger partial charge < -0.3 is 25.1 Å². The van der Waals surface area contributed by atoms with Crippen LogP contribution in [-0.2, 0) is 0 Å². The van der Waals surface area contributed by atoms with Crippen LogP contribution in [0.25, 0.3) is 11.3 Å². The minimum atomic E-state index is -0.509. The molecule has 4 rings (SSSR count). The fourth-order valence-electron chi connectivity index (χ4n) is 4.10. The van der Waals surface area contributed by atoms with Gasteiger partial charge in [0.25, 0.3) is 5.91 Å². The number of para-hydroxylation sites is 1. The summed E-state index contributed by atoms with van der Waals surface area (Å²) >= 11 is 0. The van der Waals surface area contributed by atoms with Crippen LogP contribution in [0.3, 0.4) is 0 Å². The number of hydrogen-bond acceptors (Lipinski definition) is 5. The smallest absolute Gasteiger partial charge is 0.255 e. The lowest BCUT2D eigenvalue weighted by Gasteiger charge is -2.23. The van der Waals surface area contributed by atoms with Crippen LogP contribution in [0.1, 0.15) is 34.8 Å². The average molecular weight is 463 g/mol. The van der Waals surface area contributed by atoms with Crippen LogP contribution in [0.2, 0.25) is 0 Å². The van der Waals surface area contributed by atoms with Crippen molar-refractivity contribution in [2.45, 2.75) is 18.8 Å². The second-order valence-corrected chi connectivity index (χ2v) is 7.84. The molecular formula is C26H27FN4O3. The molecule has 0 aliphatic carbocycles. The number of methoxy groups -OCH3 is 1. The monoisotopic (exact) mass is 462 g/mol. The molecule has 0 saturated carbocycles. The van der Waals surface area contributed by atoms with Gasteiger partial charge in [0.2, 0.25) is 0 Å². The number of nitrogens with one attached hydrogen (secondary N) is 3. The Bertz CT molecular complexity index is 1220. The number of carbonyl (C=O) groups excluding carboxylic acids is 1. The van der Waals surface area contributed by atoms with E-state index in [1.807, 2.05) is 12.1 Å². The maximum Gasteiger partial charge on any atom is 0.255 e. The Morgan fingerprint density at radius 3 is 2.91 bits per heavy atom. The minimum absolute atomic E-state index is 0.0147. The van der Waals surface area contributed by atoms with Crippen molar-refractivity contribution in [1.82, 2.24) is 15.3 Å². The molecule has 34 heavy (non-hydrogen) atoms. The van der Waals surface area contributed by atoms with Crippen molar-refractivity contribution >= 4 is 17.3 Å². The Balaban J connectivity index is 1.90. The van der Waals surface area contributed by atoms with E-state index in [1.54, 1.807) is 30.6 Å². The SMILES string of the molecule is C=CCCOc1cnccc1-c1[nH]c2c(c1Nc1cccc(F)c1OC)C(=O)NCC2CC=C. The summed E-state index contributed by atoms with van der Waals surface area (Å²) in [7, 11) is 1.40. The van der Waals surface area contributed by atoms with Gasteiger partial charge in [0.15, 0.2) is 11.6 Å². The number of carbonyl (C=O) groups is 1. The fourth-order valence-corrected chi connectivity index (χ4v) is 4.10. The number of aromatic nitrogens is 2. The van der Waals surface area contributed by atoms with E-state index < -0.39 is 5.82 Å². The molecule has 176 valence electrons. The van der Waals surface area contributed by atoms with Crippen LogP contribution in [0.15, 0.2) is 62.0 Å². The van der Waals surface area contributed by atoms with Gasteiger partial charge in [-0.15, -0.1) is 13.2 Å². The van der Waals surface area contributed by atoms with Crippen molar-refractivity contribution in [2.24, 2.45) is 0 Å². The zero-order valence-corrected chi connectivity index (χ0v) is 19.0. The summed E-state index contributed by atoms with van der Waals surface area (Å²) in [5.74, 6) is -0.109. The van der Waals surface area contributed by atoms with Crippen molar-refractivity contribution in [3.8, 4) is 22.8 Å². The first kappa shape index (κ1) is 23.1. The van der Waals surface area contributed by atoms with Crippen LogP contribution in [-0.4, -0.2) is 36.1 Å². The predicted molar refractivity (Wildman–Crippen MR) is 130 cm³/mol. The van der Waals surface area contributed by atoms with Crippen LogP contribution >= 0.6 is 0 Å². The zero-order chi connectivity index (χ0) is 24.1. The van der Waals surface area contributed by atoms with Crippen molar-refractivity contribution in [1.29, 1.82) is 0 Å². The maximum atomic E-state index is 14.4. The van der Waals surface area contributed by atoms with E-state index >= 15 is 0 Å². The molecule has 1 amide bonds. The van der Waals surface area contributed by atoms with Gasteiger partial charge in [-0.3, -0.25) is 9.78 Å². The first-order valence-electron chi connectivity index (χ1n) is 11.0. The summed E-state index contributed by atoms with van der Waals surface area (Å²) in [5, 5.41) is 6.21. The van der Waals surface area contributed by atoms with Crippen LogP contribution < -0.4 is 20.1 Å². The number of pyridine rings is 1. The second kappa shape index (κ2) is 10.2. The number of aromatic amines is 1. The van der Waals surface area contributed by atoms with E-state index in [0.29, 0.717) is 54.4 Å². The topological polar surface area (TPSA) is 88.3 Å². The lowest BCUT2D eigenvalue weighted by molar-refractivity contribution is 0.0941.